The normalized spacial score (nSPS) is 13.2. The molecule has 4 rings (SSSR count). The Morgan fingerprint density at radius 1 is 1.05 bits per heavy atom. The van der Waals surface area contributed by atoms with E-state index in [9.17, 15) is 0 Å². The zero-order valence-electron chi connectivity index (χ0n) is 10.8. The van der Waals surface area contributed by atoms with Gasteiger partial charge in [0.05, 0.1) is 5.69 Å². The van der Waals surface area contributed by atoms with E-state index >= 15 is 0 Å². The van der Waals surface area contributed by atoms with Crippen LogP contribution in [0.2, 0.25) is 0 Å². The maximum Gasteiger partial charge on any atom is 0.199 e. The lowest BCUT2D eigenvalue weighted by Gasteiger charge is -2.09. The third kappa shape index (κ3) is 1.80. The molecule has 1 aromatic heterocycles. The van der Waals surface area contributed by atoms with Crippen molar-refractivity contribution in [2.24, 2.45) is 0 Å². The fraction of sp³-hybridized carbons (Fsp3) is 0.125. The molecule has 2 aromatic carbocycles. The summed E-state index contributed by atoms with van der Waals surface area (Å²) in [5.74, 6) is 0.928. The van der Waals surface area contributed by atoms with Gasteiger partial charge in [0.1, 0.15) is 5.82 Å². The number of nitrogens with one attached hydrogen (secondary N) is 2. The van der Waals surface area contributed by atoms with Crippen LogP contribution in [-0.2, 0) is 6.42 Å². The Kier molecular flexibility index (Phi) is 2.57. The third-order valence-electron chi connectivity index (χ3n) is 3.74. The summed E-state index contributed by atoms with van der Waals surface area (Å²) in [7, 11) is 0. The zero-order valence-corrected chi connectivity index (χ0v) is 11.6. The molecular weight excluding hydrogens is 266 g/mol. The molecule has 0 spiro atoms. The average molecular weight is 279 g/mol. The molecule has 20 heavy (non-hydrogen) atoms. The molecule has 0 saturated carbocycles. The van der Waals surface area contributed by atoms with E-state index in [4.69, 9.17) is 12.2 Å². The molecule has 0 bridgehead atoms. The molecule has 0 aliphatic carbocycles. The third-order valence-corrected chi connectivity index (χ3v) is 3.93. The molecule has 0 fully saturated rings. The summed E-state index contributed by atoms with van der Waals surface area (Å²) >= 11 is 5.23. The number of nitrogens with zero attached hydrogens (tertiary/aromatic N) is 1. The lowest BCUT2D eigenvalue weighted by atomic mass is 10.0. The van der Waals surface area contributed by atoms with Crippen LogP contribution in [0.25, 0.3) is 22.0 Å². The number of aromatic amines is 1. The number of aromatic nitrogens is 2. The quantitative estimate of drug-likeness (QED) is 0.663. The summed E-state index contributed by atoms with van der Waals surface area (Å²) in [5.41, 5.74) is 3.49. The number of hydrogen-bond acceptors (Lipinski definition) is 3. The van der Waals surface area contributed by atoms with Crippen molar-refractivity contribution in [1.29, 1.82) is 0 Å². The van der Waals surface area contributed by atoms with Crippen LogP contribution < -0.4 is 5.32 Å². The van der Waals surface area contributed by atoms with Crippen molar-refractivity contribution in [3.63, 3.8) is 0 Å². The first-order valence-corrected chi connectivity index (χ1v) is 7.08. The van der Waals surface area contributed by atoms with Crippen molar-refractivity contribution in [2.45, 2.75) is 6.42 Å². The first-order valence-electron chi connectivity index (χ1n) is 6.67. The van der Waals surface area contributed by atoms with Crippen LogP contribution >= 0.6 is 12.2 Å². The molecule has 98 valence electrons. The number of hydrogen-bond donors (Lipinski definition) is 2. The number of anilines is 1. The van der Waals surface area contributed by atoms with E-state index in [1.54, 1.807) is 0 Å². The van der Waals surface area contributed by atoms with Crippen LogP contribution in [0.3, 0.4) is 0 Å². The second-order valence-electron chi connectivity index (χ2n) is 4.98. The molecule has 1 aliphatic rings. The smallest absolute Gasteiger partial charge is 0.199 e. The second-order valence-corrected chi connectivity index (χ2v) is 5.37. The molecule has 1 aliphatic heterocycles. The number of fused-ring (bicyclic) bond motifs is 2. The SMILES string of the molecule is S=c1nc2c(c(-c3ccc4ccccc4c3)[nH]1)CCN2. The highest BCUT2D eigenvalue weighted by atomic mass is 32.1. The molecule has 2 heterocycles. The Bertz CT molecular complexity index is 867. The van der Waals surface area contributed by atoms with Crippen LogP contribution in [0.4, 0.5) is 5.82 Å². The van der Waals surface area contributed by atoms with E-state index in [-0.39, 0.29) is 0 Å². The van der Waals surface area contributed by atoms with Gasteiger partial charge in [0, 0.05) is 12.1 Å². The molecule has 0 atom stereocenters. The van der Waals surface area contributed by atoms with E-state index in [0.29, 0.717) is 4.77 Å². The fourth-order valence-corrected chi connectivity index (χ4v) is 2.98. The Balaban J connectivity index is 1.97. The average Bonchev–Trinajstić information content (AvgIpc) is 2.94. The Labute approximate surface area is 121 Å². The number of rotatable bonds is 1. The summed E-state index contributed by atoms with van der Waals surface area (Å²) in [6, 6.07) is 14.9. The van der Waals surface area contributed by atoms with Crippen molar-refractivity contribution in [3.05, 3.63) is 52.8 Å². The first kappa shape index (κ1) is 11.6. The van der Waals surface area contributed by atoms with Gasteiger partial charge in [-0.2, -0.15) is 0 Å². The largest absolute Gasteiger partial charge is 0.369 e. The summed E-state index contributed by atoms with van der Waals surface area (Å²) in [6.07, 6.45) is 0.983. The molecular formula is C16H13N3S. The van der Waals surface area contributed by atoms with Crippen molar-refractivity contribution < 1.29 is 0 Å². The Hall–Kier alpha value is -2.20. The standard InChI is InChI=1S/C16H13N3S/c20-16-18-14(13-7-8-17-15(13)19-16)12-6-5-10-3-1-2-4-11(10)9-12/h1-6,9H,7-8H2,(H2,17,18,19,20). The molecule has 0 unspecified atom stereocenters. The van der Waals surface area contributed by atoms with Gasteiger partial charge in [-0.3, -0.25) is 0 Å². The van der Waals surface area contributed by atoms with Crippen molar-refractivity contribution in [2.75, 3.05) is 11.9 Å². The van der Waals surface area contributed by atoms with E-state index in [2.05, 4.69) is 57.7 Å². The Morgan fingerprint density at radius 3 is 2.80 bits per heavy atom. The molecule has 0 radical (unpaired) electrons. The second kappa shape index (κ2) is 4.42. The summed E-state index contributed by atoms with van der Waals surface area (Å²) < 4.78 is 0.529. The molecule has 0 amide bonds. The molecule has 3 nitrogen and oxygen atoms in total. The van der Waals surface area contributed by atoms with Crippen molar-refractivity contribution >= 4 is 28.8 Å². The number of benzene rings is 2. The van der Waals surface area contributed by atoms with E-state index in [0.717, 1.165) is 30.0 Å². The topological polar surface area (TPSA) is 40.7 Å². The van der Waals surface area contributed by atoms with Gasteiger partial charge < -0.3 is 10.3 Å². The minimum Gasteiger partial charge on any atom is -0.369 e. The zero-order chi connectivity index (χ0) is 13.5. The molecule has 0 saturated heterocycles. The summed E-state index contributed by atoms with van der Waals surface area (Å²) in [4.78, 5) is 7.60. The fourth-order valence-electron chi connectivity index (χ4n) is 2.78. The van der Waals surface area contributed by atoms with Crippen LogP contribution in [0.5, 0.6) is 0 Å². The molecule has 3 aromatic rings. The van der Waals surface area contributed by atoms with Gasteiger partial charge in [0.2, 0.25) is 0 Å². The van der Waals surface area contributed by atoms with Gasteiger partial charge in [-0.15, -0.1) is 0 Å². The summed E-state index contributed by atoms with van der Waals surface area (Å²) in [6.45, 7) is 0.926. The van der Waals surface area contributed by atoms with Crippen LogP contribution in [0.15, 0.2) is 42.5 Å². The van der Waals surface area contributed by atoms with Crippen molar-refractivity contribution in [3.8, 4) is 11.3 Å². The highest BCUT2D eigenvalue weighted by molar-refractivity contribution is 7.71. The van der Waals surface area contributed by atoms with E-state index in [1.165, 1.54) is 16.3 Å². The van der Waals surface area contributed by atoms with Gasteiger partial charge in [-0.1, -0.05) is 36.4 Å². The maximum atomic E-state index is 5.23. The maximum absolute atomic E-state index is 5.23. The first-order chi connectivity index (χ1) is 9.81. The Morgan fingerprint density at radius 2 is 1.90 bits per heavy atom. The van der Waals surface area contributed by atoms with Crippen molar-refractivity contribution in [1.82, 2.24) is 9.97 Å². The van der Waals surface area contributed by atoms with E-state index in [1.807, 2.05) is 0 Å². The van der Waals surface area contributed by atoms with Gasteiger partial charge in [0.15, 0.2) is 4.77 Å². The van der Waals surface area contributed by atoms with Gasteiger partial charge in [-0.05, 0) is 41.0 Å². The molecule has 2 N–H and O–H groups in total. The highest BCUT2D eigenvalue weighted by Crippen LogP contribution is 2.31. The lowest BCUT2D eigenvalue weighted by molar-refractivity contribution is 1.08. The predicted molar refractivity (Wildman–Crippen MR) is 84.6 cm³/mol. The number of H-pyrrole nitrogens is 1. The van der Waals surface area contributed by atoms with Gasteiger partial charge in [-0.25, -0.2) is 4.98 Å². The predicted octanol–water partition coefficient (Wildman–Crippen LogP) is 3.93. The highest BCUT2D eigenvalue weighted by Gasteiger charge is 2.17. The minimum atomic E-state index is 0.529. The van der Waals surface area contributed by atoms with Gasteiger partial charge >= 0.3 is 0 Å². The van der Waals surface area contributed by atoms with Gasteiger partial charge in [0.25, 0.3) is 0 Å². The summed E-state index contributed by atoms with van der Waals surface area (Å²) in [5, 5.41) is 5.78. The van der Waals surface area contributed by atoms with E-state index < -0.39 is 0 Å². The monoisotopic (exact) mass is 279 g/mol. The lowest BCUT2D eigenvalue weighted by Crippen LogP contribution is -1.96. The minimum absolute atomic E-state index is 0.529. The molecule has 4 heteroatoms. The van der Waals surface area contributed by atoms with Crippen LogP contribution in [0, 0.1) is 4.77 Å². The van der Waals surface area contributed by atoms with Crippen LogP contribution in [0.1, 0.15) is 5.56 Å². The van der Waals surface area contributed by atoms with Crippen LogP contribution in [-0.4, -0.2) is 16.5 Å².